The highest BCUT2D eigenvalue weighted by Gasteiger charge is 2.52. The van der Waals surface area contributed by atoms with Gasteiger partial charge in [0.25, 0.3) is 11.8 Å². The quantitative estimate of drug-likeness (QED) is 0.537. The van der Waals surface area contributed by atoms with E-state index in [2.05, 4.69) is 11.4 Å². The second-order valence-electron chi connectivity index (χ2n) is 10.2. The highest BCUT2D eigenvalue weighted by Crippen LogP contribution is 2.40. The molecular weight excluding hydrogens is 437 g/mol. The van der Waals surface area contributed by atoms with Crippen molar-refractivity contribution in [3.05, 3.63) is 40.9 Å². The smallest absolute Gasteiger partial charge is 0.400 e. The molecule has 4 aliphatic heterocycles. The van der Waals surface area contributed by atoms with Crippen molar-refractivity contribution in [2.45, 2.75) is 64.2 Å². The molecule has 10 heteroatoms. The van der Waals surface area contributed by atoms with Crippen molar-refractivity contribution >= 4 is 36.4 Å². The van der Waals surface area contributed by atoms with E-state index < -0.39 is 48.0 Å². The van der Waals surface area contributed by atoms with Gasteiger partial charge in [-0.1, -0.05) is 12.1 Å². The molecule has 34 heavy (non-hydrogen) atoms. The molecule has 0 bridgehead atoms. The van der Waals surface area contributed by atoms with Gasteiger partial charge in [0.05, 0.1) is 28.0 Å². The highest BCUT2D eigenvalue weighted by atomic mass is 16.7. The molecule has 4 aliphatic rings. The van der Waals surface area contributed by atoms with Crippen LogP contribution in [-0.2, 0) is 18.9 Å². The lowest BCUT2D eigenvalue weighted by Gasteiger charge is -2.32. The number of imide groups is 2. The third-order valence-electron chi connectivity index (χ3n) is 7.59. The van der Waals surface area contributed by atoms with Gasteiger partial charge in [0.15, 0.2) is 0 Å². The summed E-state index contributed by atoms with van der Waals surface area (Å²) in [4.78, 5) is 53.4. The Balaban J connectivity index is 1.38. The van der Waals surface area contributed by atoms with Gasteiger partial charge in [-0.05, 0) is 58.1 Å². The van der Waals surface area contributed by atoms with Crippen LogP contribution < -0.4 is 10.2 Å². The van der Waals surface area contributed by atoms with Crippen molar-refractivity contribution in [3.8, 4) is 0 Å². The number of rotatable bonds is 3. The average Bonchev–Trinajstić information content (AvgIpc) is 3.16. The molecule has 0 saturated carbocycles. The Morgan fingerprint density at radius 1 is 1.00 bits per heavy atom. The van der Waals surface area contributed by atoms with Crippen LogP contribution in [0.3, 0.4) is 0 Å². The van der Waals surface area contributed by atoms with E-state index in [-0.39, 0.29) is 18.4 Å². The van der Waals surface area contributed by atoms with E-state index in [1.807, 2.05) is 38.7 Å². The second kappa shape index (κ2) is 7.78. The molecule has 4 amide bonds. The van der Waals surface area contributed by atoms with Crippen LogP contribution >= 0.6 is 0 Å². The maximum absolute atomic E-state index is 13.4. The van der Waals surface area contributed by atoms with E-state index in [0.717, 1.165) is 10.4 Å². The second-order valence-corrected chi connectivity index (χ2v) is 10.2. The zero-order chi connectivity index (χ0) is 24.4. The van der Waals surface area contributed by atoms with Crippen LogP contribution in [0, 0.1) is 0 Å². The standard InChI is InChI=1S/C24H28BN3O6/c1-23(2)24(3,4)34-25(33-23)14-10-12-27(13-11-14)16-7-5-6-15-19(16)22(32)28(21(15)31)17-8-9-18(29)26-20(17)30/h5-7,10,17H,8-9,11-13H2,1-4H3,(H,26,29,30). The Bertz CT molecular complexity index is 1130. The number of amides is 4. The molecule has 2 saturated heterocycles. The lowest BCUT2D eigenvalue weighted by molar-refractivity contribution is -0.136. The maximum Gasteiger partial charge on any atom is 0.490 e. The number of nitrogens with zero attached hydrogens (tertiary/aromatic N) is 2. The molecule has 5 rings (SSSR count). The van der Waals surface area contributed by atoms with E-state index in [0.29, 0.717) is 30.8 Å². The molecule has 1 atom stereocenters. The van der Waals surface area contributed by atoms with Crippen LogP contribution in [0.25, 0.3) is 0 Å². The summed E-state index contributed by atoms with van der Waals surface area (Å²) < 4.78 is 12.3. The minimum absolute atomic E-state index is 0.0925. The van der Waals surface area contributed by atoms with E-state index >= 15 is 0 Å². The Morgan fingerprint density at radius 2 is 1.71 bits per heavy atom. The molecule has 1 aromatic rings. The van der Waals surface area contributed by atoms with E-state index in [1.165, 1.54) is 0 Å². The topological polar surface area (TPSA) is 105 Å². The van der Waals surface area contributed by atoms with E-state index in [9.17, 15) is 19.2 Å². The molecule has 1 unspecified atom stereocenters. The first kappa shape index (κ1) is 22.8. The van der Waals surface area contributed by atoms with Gasteiger partial charge in [-0.3, -0.25) is 29.4 Å². The fourth-order valence-electron chi connectivity index (χ4n) is 4.87. The number of piperidine rings is 1. The van der Waals surface area contributed by atoms with Crippen molar-refractivity contribution in [3.63, 3.8) is 0 Å². The summed E-state index contributed by atoms with van der Waals surface area (Å²) in [6, 6.07) is 4.21. The molecular formula is C24H28BN3O6. The van der Waals surface area contributed by atoms with Crippen LogP contribution in [0.2, 0.25) is 0 Å². The van der Waals surface area contributed by atoms with Gasteiger partial charge in [-0.2, -0.15) is 0 Å². The average molecular weight is 465 g/mol. The first-order valence-corrected chi connectivity index (χ1v) is 11.6. The number of carbonyl (C=O) groups is 4. The van der Waals surface area contributed by atoms with Crippen LogP contribution in [0.4, 0.5) is 5.69 Å². The summed E-state index contributed by atoms with van der Waals surface area (Å²) in [6.45, 7) is 9.25. The molecule has 0 radical (unpaired) electrons. The number of hydrogen-bond acceptors (Lipinski definition) is 7. The predicted molar refractivity (Wildman–Crippen MR) is 124 cm³/mol. The number of nitrogens with one attached hydrogen (secondary N) is 1. The number of anilines is 1. The first-order valence-electron chi connectivity index (χ1n) is 11.6. The van der Waals surface area contributed by atoms with Gasteiger partial charge in [0, 0.05) is 19.5 Å². The maximum atomic E-state index is 13.4. The number of carbonyl (C=O) groups excluding carboxylic acids is 4. The van der Waals surface area contributed by atoms with Gasteiger partial charge in [0.1, 0.15) is 6.04 Å². The molecule has 178 valence electrons. The van der Waals surface area contributed by atoms with Crippen molar-refractivity contribution in [1.29, 1.82) is 0 Å². The van der Waals surface area contributed by atoms with Gasteiger partial charge >= 0.3 is 7.12 Å². The molecule has 1 aromatic carbocycles. The third-order valence-corrected chi connectivity index (χ3v) is 7.59. The minimum Gasteiger partial charge on any atom is -0.400 e. The van der Waals surface area contributed by atoms with Crippen molar-refractivity contribution in [1.82, 2.24) is 10.2 Å². The normalized spacial score (nSPS) is 26.1. The largest absolute Gasteiger partial charge is 0.490 e. The Labute approximate surface area is 198 Å². The lowest BCUT2D eigenvalue weighted by atomic mass is 9.74. The molecule has 0 aromatic heterocycles. The van der Waals surface area contributed by atoms with Crippen LogP contribution in [-0.4, -0.2) is 66.0 Å². The zero-order valence-electron chi connectivity index (χ0n) is 19.8. The van der Waals surface area contributed by atoms with Crippen LogP contribution in [0.5, 0.6) is 0 Å². The molecule has 0 aliphatic carbocycles. The molecule has 9 nitrogen and oxygen atoms in total. The Hall–Kier alpha value is -2.98. The summed E-state index contributed by atoms with van der Waals surface area (Å²) in [5, 5.41) is 2.23. The predicted octanol–water partition coefficient (Wildman–Crippen LogP) is 1.86. The van der Waals surface area contributed by atoms with Crippen LogP contribution in [0.1, 0.15) is 67.7 Å². The Kier molecular flexibility index (Phi) is 5.22. The highest BCUT2D eigenvalue weighted by molar-refractivity contribution is 6.54. The SMILES string of the molecule is CC1(C)OB(C2=CCN(c3cccc4c3C(=O)N(C3CCC(=O)NC3=O)C4=O)CC2)OC1(C)C. The molecule has 1 N–H and O–H groups in total. The molecule has 0 spiro atoms. The van der Waals surface area contributed by atoms with Gasteiger partial charge in [0.2, 0.25) is 11.8 Å². The number of hydrogen-bond donors (Lipinski definition) is 1. The van der Waals surface area contributed by atoms with Gasteiger partial charge in [-0.15, -0.1) is 0 Å². The van der Waals surface area contributed by atoms with Crippen molar-refractivity contribution in [2.75, 3.05) is 18.0 Å². The van der Waals surface area contributed by atoms with Crippen molar-refractivity contribution in [2.24, 2.45) is 0 Å². The summed E-state index contributed by atoms with van der Waals surface area (Å²) in [7, 11) is -0.403. The number of fused-ring (bicyclic) bond motifs is 1. The summed E-state index contributed by atoms with van der Waals surface area (Å²) in [5.41, 5.74) is 1.49. The minimum atomic E-state index is -0.978. The zero-order valence-corrected chi connectivity index (χ0v) is 19.8. The fraction of sp³-hybridized carbons (Fsp3) is 0.500. The summed E-state index contributed by atoms with van der Waals surface area (Å²) in [6.07, 6.45) is 2.98. The Morgan fingerprint density at radius 3 is 2.32 bits per heavy atom. The third kappa shape index (κ3) is 3.47. The molecule has 4 heterocycles. The fourth-order valence-corrected chi connectivity index (χ4v) is 4.87. The van der Waals surface area contributed by atoms with Gasteiger partial charge < -0.3 is 14.2 Å². The lowest BCUT2D eigenvalue weighted by Crippen LogP contribution is -2.54. The van der Waals surface area contributed by atoms with Crippen molar-refractivity contribution < 1.29 is 28.5 Å². The summed E-state index contributed by atoms with van der Waals surface area (Å²) >= 11 is 0. The van der Waals surface area contributed by atoms with Gasteiger partial charge in [-0.25, -0.2) is 0 Å². The van der Waals surface area contributed by atoms with Crippen LogP contribution in [0.15, 0.2) is 29.7 Å². The molecule has 2 fully saturated rings. The van der Waals surface area contributed by atoms with E-state index in [1.54, 1.807) is 12.1 Å². The summed E-state index contributed by atoms with van der Waals surface area (Å²) in [5.74, 6) is -2.00. The van der Waals surface area contributed by atoms with E-state index in [4.69, 9.17) is 9.31 Å². The monoisotopic (exact) mass is 465 g/mol. The first-order chi connectivity index (χ1) is 16.0. The number of benzene rings is 1.